The van der Waals surface area contributed by atoms with Gasteiger partial charge in [-0.2, -0.15) is 0 Å². The number of hydrogen-bond acceptors (Lipinski definition) is 2. The van der Waals surface area contributed by atoms with E-state index in [1.54, 1.807) is 36.7 Å². The quantitative estimate of drug-likeness (QED) is 0.743. The van der Waals surface area contributed by atoms with Crippen molar-refractivity contribution in [1.82, 2.24) is 4.98 Å². The maximum absolute atomic E-state index is 12.0. The van der Waals surface area contributed by atoms with Gasteiger partial charge < -0.3 is 0 Å². The van der Waals surface area contributed by atoms with Gasteiger partial charge in [0.2, 0.25) is 0 Å². The minimum atomic E-state index is -0.0602. The molecular formula is C13H10ClNO. The van der Waals surface area contributed by atoms with Gasteiger partial charge in [0, 0.05) is 28.5 Å². The lowest BCUT2D eigenvalue weighted by Gasteiger charge is -2.03. The van der Waals surface area contributed by atoms with Crippen LogP contribution in [0.3, 0.4) is 0 Å². The van der Waals surface area contributed by atoms with Crippen LogP contribution in [0.1, 0.15) is 21.5 Å². The van der Waals surface area contributed by atoms with Crippen LogP contribution < -0.4 is 0 Å². The van der Waals surface area contributed by atoms with E-state index >= 15 is 0 Å². The average Bonchev–Trinajstić information content (AvgIpc) is 2.33. The number of pyridine rings is 1. The highest BCUT2D eigenvalue weighted by Gasteiger charge is 2.09. The zero-order valence-corrected chi connectivity index (χ0v) is 9.53. The van der Waals surface area contributed by atoms with Crippen LogP contribution in [0.4, 0.5) is 0 Å². The van der Waals surface area contributed by atoms with Crippen molar-refractivity contribution in [3.63, 3.8) is 0 Å². The Morgan fingerprint density at radius 2 is 2.06 bits per heavy atom. The summed E-state index contributed by atoms with van der Waals surface area (Å²) >= 11 is 5.98. The molecule has 0 saturated heterocycles. The normalized spacial score (nSPS) is 10.1. The minimum absolute atomic E-state index is 0.0602. The summed E-state index contributed by atoms with van der Waals surface area (Å²) < 4.78 is 0. The molecule has 80 valence electrons. The van der Waals surface area contributed by atoms with Gasteiger partial charge >= 0.3 is 0 Å². The first-order valence-electron chi connectivity index (χ1n) is 4.89. The number of carbonyl (C=O) groups excluding carboxylic acids is 1. The number of rotatable bonds is 2. The molecule has 1 aromatic heterocycles. The smallest absolute Gasteiger partial charge is 0.194 e. The van der Waals surface area contributed by atoms with Gasteiger partial charge in [-0.05, 0) is 30.7 Å². The van der Waals surface area contributed by atoms with Crippen molar-refractivity contribution in [2.24, 2.45) is 0 Å². The Balaban J connectivity index is 2.39. The van der Waals surface area contributed by atoms with Gasteiger partial charge in [-0.1, -0.05) is 23.7 Å². The largest absolute Gasteiger partial charge is 0.289 e. The fraction of sp³-hybridized carbons (Fsp3) is 0.0769. The highest BCUT2D eigenvalue weighted by atomic mass is 35.5. The molecule has 0 N–H and O–H groups in total. The van der Waals surface area contributed by atoms with Gasteiger partial charge in [0.05, 0.1) is 0 Å². The Hall–Kier alpha value is -1.67. The van der Waals surface area contributed by atoms with Crippen molar-refractivity contribution >= 4 is 17.4 Å². The lowest BCUT2D eigenvalue weighted by molar-refractivity contribution is 0.103. The molecule has 2 nitrogen and oxygen atoms in total. The molecule has 0 bridgehead atoms. The van der Waals surface area contributed by atoms with Gasteiger partial charge in [-0.15, -0.1) is 0 Å². The molecule has 2 aromatic rings. The maximum atomic E-state index is 12.0. The third-order valence-corrected chi connectivity index (χ3v) is 2.76. The Kier molecular flexibility index (Phi) is 3.02. The van der Waals surface area contributed by atoms with Crippen LogP contribution in [0.2, 0.25) is 5.02 Å². The first-order chi connectivity index (χ1) is 7.68. The van der Waals surface area contributed by atoms with Crippen molar-refractivity contribution in [3.8, 4) is 0 Å². The van der Waals surface area contributed by atoms with Gasteiger partial charge in [0.1, 0.15) is 0 Å². The number of nitrogens with zero attached hydrogens (tertiary/aromatic N) is 1. The lowest BCUT2D eigenvalue weighted by Crippen LogP contribution is -2.01. The van der Waals surface area contributed by atoms with Crippen LogP contribution in [0.15, 0.2) is 42.7 Å². The second kappa shape index (κ2) is 4.45. The minimum Gasteiger partial charge on any atom is -0.289 e. The summed E-state index contributed by atoms with van der Waals surface area (Å²) in [5.74, 6) is -0.0602. The van der Waals surface area contributed by atoms with Crippen molar-refractivity contribution in [1.29, 1.82) is 0 Å². The van der Waals surface area contributed by atoms with Gasteiger partial charge in [0.25, 0.3) is 0 Å². The van der Waals surface area contributed by atoms with E-state index in [-0.39, 0.29) is 5.78 Å². The summed E-state index contributed by atoms with van der Waals surface area (Å²) in [4.78, 5) is 15.9. The molecule has 1 heterocycles. The Morgan fingerprint density at radius 3 is 2.69 bits per heavy atom. The summed E-state index contributed by atoms with van der Waals surface area (Å²) in [5.41, 5.74) is 2.12. The van der Waals surface area contributed by atoms with Crippen LogP contribution in [0.25, 0.3) is 0 Å². The number of ketones is 1. The molecule has 3 heteroatoms. The molecule has 16 heavy (non-hydrogen) atoms. The highest BCUT2D eigenvalue weighted by molar-refractivity contribution is 6.31. The highest BCUT2D eigenvalue weighted by Crippen LogP contribution is 2.18. The zero-order chi connectivity index (χ0) is 11.5. The molecule has 0 radical (unpaired) electrons. The summed E-state index contributed by atoms with van der Waals surface area (Å²) in [7, 11) is 0. The molecule has 0 spiro atoms. The summed E-state index contributed by atoms with van der Waals surface area (Å²) in [6, 6.07) is 8.78. The van der Waals surface area contributed by atoms with Gasteiger partial charge in [0.15, 0.2) is 5.78 Å². The monoisotopic (exact) mass is 231 g/mol. The Labute approximate surface area is 98.9 Å². The van der Waals surface area contributed by atoms with Crippen molar-refractivity contribution in [3.05, 3.63) is 64.4 Å². The van der Waals surface area contributed by atoms with E-state index in [1.165, 1.54) is 0 Å². The number of aromatic nitrogens is 1. The molecule has 0 aliphatic rings. The van der Waals surface area contributed by atoms with E-state index in [9.17, 15) is 4.79 Å². The molecule has 0 saturated carbocycles. The number of carbonyl (C=O) groups is 1. The second-order valence-corrected chi connectivity index (χ2v) is 3.94. The SMILES string of the molecule is Cc1ccc(C(=O)c2cccnc2)cc1Cl. The Morgan fingerprint density at radius 1 is 1.25 bits per heavy atom. The van der Waals surface area contributed by atoms with Crippen LogP contribution in [-0.4, -0.2) is 10.8 Å². The first-order valence-corrected chi connectivity index (χ1v) is 5.27. The van der Waals surface area contributed by atoms with E-state index in [2.05, 4.69) is 4.98 Å². The maximum Gasteiger partial charge on any atom is 0.194 e. The van der Waals surface area contributed by atoms with Crippen LogP contribution in [0, 0.1) is 6.92 Å². The molecule has 0 atom stereocenters. The molecule has 2 rings (SSSR count). The Bertz CT molecular complexity index is 523. The second-order valence-electron chi connectivity index (χ2n) is 3.53. The molecule has 0 amide bonds. The molecule has 0 aliphatic carbocycles. The summed E-state index contributed by atoms with van der Waals surface area (Å²) in [6.45, 7) is 1.90. The third-order valence-electron chi connectivity index (χ3n) is 2.36. The number of halogens is 1. The topological polar surface area (TPSA) is 30.0 Å². The van der Waals surface area contributed by atoms with Crippen LogP contribution >= 0.6 is 11.6 Å². The molecular weight excluding hydrogens is 222 g/mol. The van der Waals surface area contributed by atoms with E-state index in [1.807, 2.05) is 13.0 Å². The van der Waals surface area contributed by atoms with Crippen LogP contribution in [0.5, 0.6) is 0 Å². The predicted molar refractivity (Wildman–Crippen MR) is 63.9 cm³/mol. The van der Waals surface area contributed by atoms with Crippen molar-refractivity contribution < 1.29 is 4.79 Å². The molecule has 1 aromatic carbocycles. The van der Waals surface area contributed by atoms with E-state index < -0.39 is 0 Å². The number of hydrogen-bond donors (Lipinski definition) is 0. The zero-order valence-electron chi connectivity index (χ0n) is 8.77. The predicted octanol–water partition coefficient (Wildman–Crippen LogP) is 3.27. The van der Waals surface area contributed by atoms with E-state index in [0.717, 1.165) is 5.56 Å². The lowest BCUT2D eigenvalue weighted by atomic mass is 10.0. The third kappa shape index (κ3) is 2.12. The average molecular weight is 232 g/mol. The molecule has 0 fully saturated rings. The van der Waals surface area contributed by atoms with Gasteiger partial charge in [-0.25, -0.2) is 0 Å². The first kappa shape index (κ1) is 10.8. The molecule has 0 unspecified atom stereocenters. The van der Waals surface area contributed by atoms with Gasteiger partial charge in [-0.3, -0.25) is 9.78 Å². The fourth-order valence-electron chi connectivity index (χ4n) is 1.40. The number of aryl methyl sites for hydroxylation is 1. The van der Waals surface area contributed by atoms with E-state index in [4.69, 9.17) is 11.6 Å². The van der Waals surface area contributed by atoms with Crippen molar-refractivity contribution in [2.45, 2.75) is 6.92 Å². The standard InChI is InChI=1S/C13H10ClNO/c1-9-4-5-10(7-12(9)14)13(16)11-3-2-6-15-8-11/h2-8H,1H3. The summed E-state index contributed by atoms with van der Waals surface area (Å²) in [5, 5.41) is 0.606. The number of benzene rings is 1. The van der Waals surface area contributed by atoms with Crippen molar-refractivity contribution in [2.75, 3.05) is 0 Å². The fourth-order valence-corrected chi connectivity index (χ4v) is 1.58. The molecule has 0 aliphatic heterocycles. The van der Waals surface area contributed by atoms with E-state index in [0.29, 0.717) is 16.1 Å². The van der Waals surface area contributed by atoms with Crippen LogP contribution in [-0.2, 0) is 0 Å². The summed E-state index contributed by atoms with van der Waals surface area (Å²) in [6.07, 6.45) is 3.19.